The number of benzene rings is 2. The van der Waals surface area contributed by atoms with Gasteiger partial charge in [-0.05, 0) is 47.7 Å². The minimum absolute atomic E-state index is 0.0884. The summed E-state index contributed by atoms with van der Waals surface area (Å²) in [4.78, 5) is 0. The molecule has 32 heavy (non-hydrogen) atoms. The van der Waals surface area contributed by atoms with E-state index < -0.39 is 30.5 Å². The summed E-state index contributed by atoms with van der Waals surface area (Å²) in [6.45, 7) is 3.19. The van der Waals surface area contributed by atoms with E-state index in [2.05, 4.69) is 6.07 Å². The number of ether oxygens (including phenoxy) is 3. The molecule has 2 aliphatic rings. The third-order valence-electron chi connectivity index (χ3n) is 6.20. The maximum Gasteiger partial charge on any atom is 0.124 e. The van der Waals surface area contributed by atoms with E-state index in [1.807, 2.05) is 37.3 Å². The first-order valence-corrected chi connectivity index (χ1v) is 11.1. The van der Waals surface area contributed by atoms with E-state index in [-0.39, 0.29) is 6.10 Å². The lowest BCUT2D eigenvalue weighted by atomic mass is 9.88. The molecule has 0 radical (unpaired) electrons. The first-order chi connectivity index (χ1) is 15.5. The molecular formula is C25H29NO6. The Balaban J connectivity index is 1.53. The predicted molar refractivity (Wildman–Crippen MR) is 116 cm³/mol. The van der Waals surface area contributed by atoms with E-state index in [1.54, 1.807) is 12.1 Å². The van der Waals surface area contributed by atoms with Crippen LogP contribution in [0, 0.1) is 11.3 Å². The molecule has 7 heteroatoms. The normalized spacial score (nSPS) is 30.1. The zero-order chi connectivity index (χ0) is 22.7. The predicted octanol–water partition coefficient (Wildman–Crippen LogP) is 2.25. The average Bonchev–Trinajstić information content (AvgIpc) is 3.32. The Morgan fingerprint density at radius 2 is 1.84 bits per heavy atom. The second-order valence-corrected chi connectivity index (χ2v) is 8.43. The minimum atomic E-state index is -1.30. The van der Waals surface area contributed by atoms with Crippen LogP contribution in [-0.2, 0) is 15.9 Å². The third kappa shape index (κ3) is 4.80. The number of aliphatic hydroxyl groups is 3. The lowest BCUT2D eigenvalue weighted by Gasteiger charge is -2.40. The van der Waals surface area contributed by atoms with Crippen molar-refractivity contribution in [2.24, 2.45) is 0 Å². The van der Waals surface area contributed by atoms with E-state index >= 15 is 0 Å². The van der Waals surface area contributed by atoms with Crippen LogP contribution in [-0.4, -0.2) is 59.1 Å². The molecule has 3 N–H and O–H groups in total. The number of nitrogens with zero attached hydrogens (tertiary/aromatic N) is 1. The standard InChI is InChI=1S/C25H29NO6/c1-2-21-22(27)23(28)24(29)25(32-21)16-5-6-17(13-26)18(12-16)11-15-3-7-19(8-4-15)31-20-9-10-30-14-20/h3-8,12,20-25,27-29H,2,9-11,14H2,1H3/t20-,21+,22+,23-,24+,25-/m0/s1. The van der Waals surface area contributed by atoms with Gasteiger partial charge < -0.3 is 29.5 Å². The Kier molecular flexibility index (Phi) is 7.09. The van der Waals surface area contributed by atoms with Crippen LogP contribution in [0.5, 0.6) is 5.75 Å². The van der Waals surface area contributed by atoms with Gasteiger partial charge in [-0.3, -0.25) is 0 Å². The van der Waals surface area contributed by atoms with Crippen LogP contribution in [0.15, 0.2) is 42.5 Å². The average molecular weight is 440 g/mol. The van der Waals surface area contributed by atoms with Gasteiger partial charge in [-0.1, -0.05) is 31.2 Å². The molecule has 0 aliphatic carbocycles. The molecule has 2 fully saturated rings. The molecule has 2 aliphatic heterocycles. The van der Waals surface area contributed by atoms with Gasteiger partial charge in [0.25, 0.3) is 0 Å². The summed E-state index contributed by atoms with van der Waals surface area (Å²) in [6.07, 6.45) is -3.05. The highest BCUT2D eigenvalue weighted by Gasteiger charge is 2.43. The summed E-state index contributed by atoms with van der Waals surface area (Å²) >= 11 is 0. The van der Waals surface area contributed by atoms with Crippen LogP contribution in [0.25, 0.3) is 0 Å². The summed E-state index contributed by atoms with van der Waals surface area (Å²) in [5.41, 5.74) is 3.01. The number of aliphatic hydroxyl groups excluding tert-OH is 3. The molecular weight excluding hydrogens is 410 g/mol. The van der Waals surface area contributed by atoms with Crippen LogP contribution in [0.3, 0.4) is 0 Å². The molecule has 170 valence electrons. The van der Waals surface area contributed by atoms with Gasteiger partial charge >= 0.3 is 0 Å². The molecule has 0 amide bonds. The van der Waals surface area contributed by atoms with Gasteiger partial charge in [0.05, 0.1) is 31.0 Å². The van der Waals surface area contributed by atoms with Crippen molar-refractivity contribution in [3.05, 3.63) is 64.7 Å². The third-order valence-corrected chi connectivity index (χ3v) is 6.20. The van der Waals surface area contributed by atoms with Crippen molar-refractivity contribution in [2.45, 2.75) is 62.8 Å². The molecule has 0 saturated carbocycles. The smallest absolute Gasteiger partial charge is 0.124 e. The topological polar surface area (TPSA) is 112 Å². The van der Waals surface area contributed by atoms with Crippen molar-refractivity contribution in [1.82, 2.24) is 0 Å². The first-order valence-electron chi connectivity index (χ1n) is 11.1. The summed E-state index contributed by atoms with van der Waals surface area (Å²) in [6, 6.07) is 15.3. The van der Waals surface area contributed by atoms with Crippen molar-refractivity contribution in [2.75, 3.05) is 13.2 Å². The summed E-state index contributed by atoms with van der Waals surface area (Å²) < 4.78 is 17.2. The van der Waals surface area contributed by atoms with E-state index in [0.717, 1.165) is 29.9 Å². The van der Waals surface area contributed by atoms with Gasteiger partial charge in [0.2, 0.25) is 0 Å². The molecule has 0 unspecified atom stereocenters. The van der Waals surface area contributed by atoms with E-state index in [1.165, 1.54) is 0 Å². The molecule has 2 aromatic rings. The van der Waals surface area contributed by atoms with Crippen molar-refractivity contribution in [3.8, 4) is 11.8 Å². The SMILES string of the molecule is CC[C@H]1O[C@@H](c2ccc(C#N)c(Cc3ccc(O[C@H]4CCOC4)cc3)c2)[C@H](O)[C@@H](O)[C@@H]1O. The Bertz CT molecular complexity index is 948. The summed E-state index contributed by atoms with van der Waals surface area (Å²) in [5, 5.41) is 40.5. The van der Waals surface area contributed by atoms with Crippen LogP contribution in [0.2, 0.25) is 0 Å². The fraction of sp³-hybridized carbons (Fsp3) is 0.480. The first kappa shape index (κ1) is 22.7. The maximum atomic E-state index is 10.5. The second-order valence-electron chi connectivity index (χ2n) is 8.43. The van der Waals surface area contributed by atoms with Crippen molar-refractivity contribution in [1.29, 1.82) is 5.26 Å². The fourth-order valence-corrected chi connectivity index (χ4v) is 4.31. The van der Waals surface area contributed by atoms with E-state index in [9.17, 15) is 20.6 Å². The Labute approximate surface area is 187 Å². The summed E-state index contributed by atoms with van der Waals surface area (Å²) in [5.74, 6) is 0.787. The van der Waals surface area contributed by atoms with E-state index in [0.29, 0.717) is 30.6 Å². The molecule has 2 saturated heterocycles. The number of hydrogen-bond acceptors (Lipinski definition) is 7. The molecule has 6 atom stereocenters. The zero-order valence-electron chi connectivity index (χ0n) is 18.1. The largest absolute Gasteiger partial charge is 0.488 e. The lowest BCUT2D eigenvalue weighted by Crippen LogP contribution is -2.53. The van der Waals surface area contributed by atoms with Gasteiger partial charge in [0, 0.05) is 6.42 Å². The van der Waals surface area contributed by atoms with Crippen molar-refractivity contribution in [3.63, 3.8) is 0 Å². The van der Waals surface area contributed by atoms with Crippen LogP contribution < -0.4 is 4.74 Å². The second kappa shape index (κ2) is 9.99. The molecule has 0 aromatic heterocycles. The van der Waals surface area contributed by atoms with Crippen LogP contribution in [0.4, 0.5) is 0 Å². The Morgan fingerprint density at radius 3 is 2.50 bits per heavy atom. The van der Waals surface area contributed by atoms with Crippen molar-refractivity contribution >= 4 is 0 Å². The highest BCUT2D eigenvalue weighted by atomic mass is 16.5. The van der Waals surface area contributed by atoms with Crippen LogP contribution in [0.1, 0.15) is 48.1 Å². The quantitative estimate of drug-likeness (QED) is 0.633. The van der Waals surface area contributed by atoms with Gasteiger partial charge in [-0.2, -0.15) is 5.26 Å². The Hall–Kier alpha value is -2.47. The molecule has 4 rings (SSSR count). The number of rotatable bonds is 6. The lowest BCUT2D eigenvalue weighted by molar-refractivity contribution is -0.225. The van der Waals surface area contributed by atoms with E-state index in [4.69, 9.17) is 14.2 Å². The van der Waals surface area contributed by atoms with Gasteiger partial charge in [0.15, 0.2) is 0 Å². The number of hydrogen-bond donors (Lipinski definition) is 3. The minimum Gasteiger partial charge on any atom is -0.488 e. The maximum absolute atomic E-state index is 10.5. The monoisotopic (exact) mass is 439 g/mol. The van der Waals surface area contributed by atoms with Gasteiger partial charge in [0.1, 0.15) is 36.3 Å². The zero-order valence-corrected chi connectivity index (χ0v) is 18.1. The Morgan fingerprint density at radius 1 is 1.06 bits per heavy atom. The molecule has 0 bridgehead atoms. The summed E-state index contributed by atoms with van der Waals surface area (Å²) in [7, 11) is 0. The van der Waals surface area contributed by atoms with Gasteiger partial charge in [-0.15, -0.1) is 0 Å². The molecule has 0 spiro atoms. The fourth-order valence-electron chi connectivity index (χ4n) is 4.31. The number of nitriles is 1. The molecule has 2 heterocycles. The molecule has 2 aromatic carbocycles. The van der Waals surface area contributed by atoms with Crippen molar-refractivity contribution < 1.29 is 29.5 Å². The van der Waals surface area contributed by atoms with Gasteiger partial charge in [-0.25, -0.2) is 0 Å². The highest BCUT2D eigenvalue weighted by Crippen LogP contribution is 2.34. The van der Waals surface area contributed by atoms with Crippen LogP contribution >= 0.6 is 0 Å². The highest BCUT2D eigenvalue weighted by molar-refractivity contribution is 5.44. The molecule has 7 nitrogen and oxygen atoms in total.